The second kappa shape index (κ2) is 6.98. The van der Waals surface area contributed by atoms with E-state index in [-0.39, 0.29) is 11.3 Å². The first kappa shape index (κ1) is 14.4. The van der Waals surface area contributed by atoms with E-state index in [0.717, 1.165) is 12.0 Å². The van der Waals surface area contributed by atoms with Crippen molar-refractivity contribution in [1.29, 1.82) is 0 Å². The summed E-state index contributed by atoms with van der Waals surface area (Å²) in [6, 6.07) is 14.0. The fourth-order valence-electron chi connectivity index (χ4n) is 1.72. The number of phenols is 1. The van der Waals surface area contributed by atoms with Crippen molar-refractivity contribution in [2.75, 3.05) is 12.3 Å². The quantitative estimate of drug-likeness (QED) is 0.389. The molecule has 0 spiro atoms. The van der Waals surface area contributed by atoms with Crippen LogP contribution in [0.25, 0.3) is 0 Å². The summed E-state index contributed by atoms with van der Waals surface area (Å²) in [7, 11) is 0. The lowest BCUT2D eigenvalue weighted by Gasteiger charge is -1.97. The number of hydrogen-bond donors (Lipinski definition) is 2. The molecule has 2 aromatic rings. The maximum Gasteiger partial charge on any atom is 0.364 e. The Morgan fingerprint density at radius 2 is 1.95 bits per heavy atom. The molecule has 2 aromatic carbocycles. The molecule has 0 saturated heterocycles. The van der Waals surface area contributed by atoms with Crippen molar-refractivity contribution in [3.8, 4) is 5.75 Å². The maximum absolute atomic E-state index is 11.7. The van der Waals surface area contributed by atoms with Gasteiger partial charge in [0.15, 0.2) is 0 Å². The standard InChI is InChI=1S/C15H14N4O2/c16-12-6-7-14(20)13(10-12)15(21)18-19-17-9-8-11-4-2-1-3-5-11/h1-7,10,16H,8-9H2,(H,17,18,21)/p+1. The molecular weight excluding hydrogens is 268 g/mol. The average Bonchev–Trinajstić information content (AvgIpc) is 2.50. The number of anilines is 1. The Hall–Kier alpha value is -2.98. The molecule has 0 radical (unpaired) electrons. The zero-order chi connectivity index (χ0) is 15.1. The number of benzene rings is 2. The molecule has 21 heavy (non-hydrogen) atoms. The number of carbonyl (C=O) groups excluding carboxylic acids is 1. The summed E-state index contributed by atoms with van der Waals surface area (Å²) in [5, 5.41) is 16.8. The largest absolute Gasteiger partial charge is 0.507 e. The molecule has 0 aromatic heterocycles. The highest BCUT2D eigenvalue weighted by atomic mass is 16.3. The number of hydrogen-bond acceptors (Lipinski definition) is 4. The third-order valence-corrected chi connectivity index (χ3v) is 2.79. The number of carbonyl (C=O) groups is 1. The zero-order valence-corrected chi connectivity index (χ0v) is 11.3. The Kier molecular flexibility index (Phi) is 4.79. The highest BCUT2D eigenvalue weighted by Gasteiger charge is 2.15. The van der Waals surface area contributed by atoms with Gasteiger partial charge in [0.2, 0.25) is 10.0 Å². The van der Waals surface area contributed by atoms with E-state index in [0.29, 0.717) is 12.2 Å². The van der Waals surface area contributed by atoms with Crippen molar-refractivity contribution in [2.24, 2.45) is 10.2 Å². The Morgan fingerprint density at radius 1 is 1.19 bits per heavy atom. The van der Waals surface area contributed by atoms with Gasteiger partial charge in [0.05, 0.1) is 5.56 Å². The van der Waals surface area contributed by atoms with E-state index in [9.17, 15) is 9.90 Å². The molecule has 106 valence electrons. The molecule has 0 fully saturated rings. The summed E-state index contributed by atoms with van der Waals surface area (Å²) in [6.07, 6.45) is 0.720. The van der Waals surface area contributed by atoms with Crippen LogP contribution in [0.4, 0.5) is 5.69 Å². The van der Waals surface area contributed by atoms with Crippen LogP contribution in [0.5, 0.6) is 5.75 Å². The summed E-state index contributed by atoms with van der Waals surface area (Å²) in [5.74, 6) is -0.860. The van der Waals surface area contributed by atoms with E-state index in [1.807, 2.05) is 30.3 Å². The van der Waals surface area contributed by atoms with Crippen LogP contribution in [-0.2, 0) is 6.42 Å². The fourth-order valence-corrected chi connectivity index (χ4v) is 1.72. The minimum atomic E-state index is -0.678. The summed E-state index contributed by atoms with van der Waals surface area (Å²) in [5.41, 5.74) is 7.06. The second-order valence-corrected chi connectivity index (χ2v) is 4.37. The molecule has 0 bridgehead atoms. The van der Waals surface area contributed by atoms with Crippen LogP contribution in [0.2, 0.25) is 0 Å². The SMILES string of the molecule is Nc1ccc(O)c(C(=O)N=[N+]=NCCc2ccccc2)c1. The summed E-state index contributed by atoms with van der Waals surface area (Å²) in [4.78, 5) is 15.2. The van der Waals surface area contributed by atoms with Crippen LogP contribution >= 0.6 is 0 Å². The van der Waals surface area contributed by atoms with Gasteiger partial charge in [-0.15, -0.1) is 0 Å². The van der Waals surface area contributed by atoms with Gasteiger partial charge in [-0.25, -0.2) is 0 Å². The van der Waals surface area contributed by atoms with Crippen molar-refractivity contribution in [1.82, 2.24) is 4.91 Å². The van der Waals surface area contributed by atoms with Crippen molar-refractivity contribution < 1.29 is 9.90 Å². The first-order chi connectivity index (χ1) is 10.2. The number of aromatic hydroxyl groups is 1. The number of nitrogens with two attached hydrogens (primary N) is 1. The molecule has 6 heteroatoms. The molecule has 0 atom stereocenters. The predicted molar refractivity (Wildman–Crippen MR) is 78.9 cm³/mol. The first-order valence-corrected chi connectivity index (χ1v) is 6.41. The highest BCUT2D eigenvalue weighted by Crippen LogP contribution is 2.20. The zero-order valence-electron chi connectivity index (χ0n) is 11.3. The van der Waals surface area contributed by atoms with Crippen LogP contribution in [-0.4, -0.2) is 17.6 Å². The van der Waals surface area contributed by atoms with E-state index in [1.165, 1.54) is 18.2 Å². The van der Waals surface area contributed by atoms with Crippen molar-refractivity contribution in [3.05, 3.63) is 59.7 Å². The summed E-state index contributed by atoms with van der Waals surface area (Å²) < 4.78 is 0. The molecule has 3 N–H and O–H groups in total. The van der Waals surface area contributed by atoms with Crippen LogP contribution < -0.4 is 10.6 Å². The minimum Gasteiger partial charge on any atom is -0.507 e. The lowest BCUT2D eigenvalue weighted by Crippen LogP contribution is -1.98. The fraction of sp³-hybridized carbons (Fsp3) is 0.133. The van der Waals surface area contributed by atoms with E-state index in [4.69, 9.17) is 5.73 Å². The minimum absolute atomic E-state index is 0.0111. The molecule has 1 amide bonds. The molecule has 0 aliphatic heterocycles. The van der Waals surface area contributed by atoms with Crippen molar-refractivity contribution in [3.63, 3.8) is 0 Å². The Labute approximate surface area is 121 Å². The molecule has 0 aliphatic carbocycles. The van der Waals surface area contributed by atoms with Crippen molar-refractivity contribution >= 4 is 11.6 Å². The van der Waals surface area contributed by atoms with E-state index in [2.05, 4.69) is 15.1 Å². The first-order valence-electron chi connectivity index (χ1n) is 6.41. The molecule has 0 heterocycles. The molecule has 0 aliphatic rings. The van der Waals surface area contributed by atoms with E-state index >= 15 is 0 Å². The van der Waals surface area contributed by atoms with Gasteiger partial charge in [-0.1, -0.05) is 30.3 Å². The Morgan fingerprint density at radius 3 is 2.71 bits per heavy atom. The van der Waals surface area contributed by atoms with Crippen LogP contribution in [0, 0.1) is 0 Å². The number of amides is 1. The third kappa shape index (κ3) is 4.26. The third-order valence-electron chi connectivity index (χ3n) is 2.79. The van der Waals surface area contributed by atoms with Gasteiger partial charge < -0.3 is 10.8 Å². The average molecular weight is 283 g/mol. The molecule has 6 nitrogen and oxygen atoms in total. The second-order valence-electron chi connectivity index (χ2n) is 4.37. The van der Waals surface area contributed by atoms with Crippen molar-refractivity contribution in [2.45, 2.75) is 6.42 Å². The van der Waals surface area contributed by atoms with Crippen LogP contribution in [0.1, 0.15) is 15.9 Å². The van der Waals surface area contributed by atoms with Crippen LogP contribution in [0.3, 0.4) is 0 Å². The lowest BCUT2D eigenvalue weighted by molar-refractivity contribution is 0.0990. The summed E-state index contributed by atoms with van der Waals surface area (Å²) >= 11 is 0. The highest BCUT2D eigenvalue weighted by molar-refractivity contribution is 5.97. The summed E-state index contributed by atoms with van der Waals surface area (Å²) in [6.45, 7) is 0.434. The Bertz CT molecular complexity index is 692. The normalized spacial score (nSPS) is 9.71. The van der Waals surface area contributed by atoms with Gasteiger partial charge in [0.25, 0.3) is 0 Å². The van der Waals surface area contributed by atoms with Gasteiger partial charge >= 0.3 is 5.91 Å². The van der Waals surface area contributed by atoms with Crippen LogP contribution in [0.15, 0.2) is 58.8 Å². The number of phenolic OH excluding ortho intramolecular Hbond substituents is 1. The maximum atomic E-state index is 11.7. The van der Waals surface area contributed by atoms with E-state index in [1.54, 1.807) is 0 Å². The molecule has 0 saturated carbocycles. The topological polar surface area (TPSA) is 102 Å². The molecular formula is C15H15N4O2+. The lowest BCUT2D eigenvalue weighted by atomic mass is 10.2. The Balaban J connectivity index is 1.95. The molecule has 2 rings (SSSR count). The van der Waals surface area contributed by atoms with Gasteiger partial charge in [-0.2, -0.15) is 0 Å². The van der Waals surface area contributed by atoms with Gasteiger partial charge in [-0.3, -0.25) is 4.79 Å². The monoisotopic (exact) mass is 283 g/mol. The number of nitrogens with zero attached hydrogens (tertiary/aromatic N) is 3. The van der Waals surface area contributed by atoms with E-state index < -0.39 is 5.91 Å². The van der Waals surface area contributed by atoms with Gasteiger partial charge in [-0.05, 0) is 30.2 Å². The number of nitrogen functional groups attached to an aromatic ring is 1. The molecule has 0 unspecified atom stereocenters. The predicted octanol–water partition coefficient (Wildman–Crippen LogP) is 2.33. The number of rotatable bonds is 4. The smallest absolute Gasteiger partial charge is 0.364 e. The van der Waals surface area contributed by atoms with Gasteiger partial charge in [0, 0.05) is 5.69 Å². The van der Waals surface area contributed by atoms with Gasteiger partial charge in [0.1, 0.15) is 17.4 Å².